The molecule has 1 aliphatic heterocycles. The van der Waals surface area contributed by atoms with Crippen molar-refractivity contribution >= 4 is 11.8 Å². The molecule has 1 saturated heterocycles. The minimum absolute atomic E-state index is 0.0581. The Labute approximate surface area is 136 Å². The average Bonchev–Trinajstić information content (AvgIpc) is 3.01. The van der Waals surface area contributed by atoms with Gasteiger partial charge in [0.1, 0.15) is 12.1 Å². The highest BCUT2D eigenvalue weighted by molar-refractivity contribution is 5.90. The van der Waals surface area contributed by atoms with Crippen molar-refractivity contribution in [2.45, 2.75) is 63.6 Å². The Morgan fingerprint density at radius 1 is 1.30 bits per heavy atom. The number of nitrogens with zero attached hydrogens (tertiary/aromatic N) is 1. The Hall–Kier alpha value is -2.11. The van der Waals surface area contributed by atoms with E-state index in [2.05, 4.69) is 15.6 Å². The zero-order valence-electron chi connectivity index (χ0n) is 13.2. The molecule has 2 fully saturated rings. The summed E-state index contributed by atoms with van der Waals surface area (Å²) in [6, 6.07) is 3.34. The van der Waals surface area contributed by atoms with Crippen LogP contribution in [-0.4, -0.2) is 28.9 Å². The second kappa shape index (κ2) is 7.44. The van der Waals surface area contributed by atoms with Gasteiger partial charge in [-0.15, -0.1) is 0 Å². The van der Waals surface area contributed by atoms with E-state index in [1.165, 1.54) is 19.3 Å². The Bertz CT molecular complexity index is 570. The number of nitrogens with one attached hydrogen (secondary N) is 2. The van der Waals surface area contributed by atoms with Gasteiger partial charge in [-0.25, -0.2) is 4.98 Å². The van der Waals surface area contributed by atoms with Crippen molar-refractivity contribution in [3.05, 3.63) is 23.9 Å². The summed E-state index contributed by atoms with van der Waals surface area (Å²) >= 11 is 0. The third kappa shape index (κ3) is 4.43. The number of pyridine rings is 1. The molecule has 1 aromatic rings. The molecular weight excluding hydrogens is 294 g/mol. The van der Waals surface area contributed by atoms with Gasteiger partial charge in [-0.2, -0.15) is 0 Å². The second-order valence-corrected chi connectivity index (χ2v) is 6.26. The first-order chi connectivity index (χ1) is 11.2. The normalized spacial score (nSPS) is 21.7. The van der Waals surface area contributed by atoms with Gasteiger partial charge in [0, 0.05) is 25.2 Å². The van der Waals surface area contributed by atoms with E-state index in [1.54, 1.807) is 6.20 Å². The number of amides is 2. The van der Waals surface area contributed by atoms with Gasteiger partial charge in [-0.3, -0.25) is 9.59 Å². The highest BCUT2D eigenvalue weighted by Gasteiger charge is 2.26. The van der Waals surface area contributed by atoms with Gasteiger partial charge >= 0.3 is 0 Å². The fourth-order valence-corrected chi connectivity index (χ4v) is 3.10. The van der Waals surface area contributed by atoms with E-state index in [0.29, 0.717) is 25.3 Å². The van der Waals surface area contributed by atoms with Crippen molar-refractivity contribution in [2.75, 3.05) is 0 Å². The van der Waals surface area contributed by atoms with Crippen molar-refractivity contribution in [3.63, 3.8) is 0 Å². The lowest BCUT2D eigenvalue weighted by Crippen LogP contribution is -2.41. The Morgan fingerprint density at radius 3 is 2.87 bits per heavy atom. The minimum Gasteiger partial charge on any atom is -0.474 e. The van der Waals surface area contributed by atoms with Gasteiger partial charge in [0.15, 0.2) is 0 Å². The molecule has 0 radical (unpaired) electrons. The lowest BCUT2D eigenvalue weighted by molar-refractivity contribution is -0.125. The van der Waals surface area contributed by atoms with Crippen LogP contribution in [0, 0.1) is 0 Å². The molecule has 6 nitrogen and oxygen atoms in total. The van der Waals surface area contributed by atoms with E-state index in [9.17, 15) is 9.59 Å². The monoisotopic (exact) mass is 317 g/mol. The summed E-state index contributed by atoms with van der Waals surface area (Å²) in [5.74, 6) is 0.428. The van der Waals surface area contributed by atoms with Crippen LogP contribution in [-0.2, 0) is 16.1 Å². The fraction of sp³-hybridized carbons (Fsp3) is 0.588. The van der Waals surface area contributed by atoms with Gasteiger partial charge < -0.3 is 15.4 Å². The molecule has 2 amide bonds. The molecule has 0 spiro atoms. The van der Waals surface area contributed by atoms with Gasteiger partial charge in [-0.05, 0) is 43.7 Å². The lowest BCUT2D eigenvalue weighted by atomic mass is 9.98. The Balaban J connectivity index is 1.50. The first kappa shape index (κ1) is 15.8. The van der Waals surface area contributed by atoms with E-state index >= 15 is 0 Å². The summed E-state index contributed by atoms with van der Waals surface area (Å²) < 4.78 is 5.94. The predicted molar refractivity (Wildman–Crippen MR) is 84.7 cm³/mol. The van der Waals surface area contributed by atoms with Crippen molar-refractivity contribution < 1.29 is 14.3 Å². The number of carbonyl (C=O) groups is 2. The maximum absolute atomic E-state index is 12.0. The lowest BCUT2D eigenvalue weighted by Gasteiger charge is -2.22. The number of rotatable bonds is 5. The Morgan fingerprint density at radius 2 is 2.13 bits per heavy atom. The minimum atomic E-state index is -0.401. The number of aromatic nitrogens is 1. The molecule has 2 aliphatic rings. The van der Waals surface area contributed by atoms with Gasteiger partial charge in [0.2, 0.25) is 17.7 Å². The van der Waals surface area contributed by atoms with Gasteiger partial charge in [0.05, 0.1) is 0 Å². The highest BCUT2D eigenvalue weighted by atomic mass is 16.5. The van der Waals surface area contributed by atoms with Crippen molar-refractivity contribution in [1.82, 2.24) is 15.6 Å². The molecule has 2 heterocycles. The van der Waals surface area contributed by atoms with Crippen molar-refractivity contribution in [1.29, 1.82) is 0 Å². The van der Waals surface area contributed by atoms with Crippen LogP contribution < -0.4 is 15.4 Å². The topological polar surface area (TPSA) is 80.3 Å². The maximum atomic E-state index is 12.0. The van der Waals surface area contributed by atoms with Crippen LogP contribution in [0.1, 0.15) is 50.5 Å². The number of hydrogen-bond donors (Lipinski definition) is 2. The summed E-state index contributed by atoms with van der Waals surface area (Å²) in [4.78, 5) is 27.4. The van der Waals surface area contributed by atoms with E-state index in [4.69, 9.17) is 4.74 Å². The standard InChI is InChI=1S/C17H23N3O3/c21-15-7-6-14(20-15)17(22)19-11-12-8-9-18-16(10-12)23-13-4-2-1-3-5-13/h8-10,13-14H,1-7,11H2,(H,19,22)(H,20,21)/t14-/m0/s1. The Kier molecular flexibility index (Phi) is 5.10. The molecule has 3 rings (SSSR count). The maximum Gasteiger partial charge on any atom is 0.242 e. The van der Waals surface area contributed by atoms with Crippen LogP contribution in [0.3, 0.4) is 0 Å². The fourth-order valence-electron chi connectivity index (χ4n) is 3.10. The SMILES string of the molecule is O=C1CC[C@@H](C(=O)NCc2ccnc(OC3CCCCC3)c2)N1. The number of carbonyl (C=O) groups excluding carboxylic acids is 2. The zero-order chi connectivity index (χ0) is 16.1. The molecule has 0 bridgehead atoms. The molecule has 23 heavy (non-hydrogen) atoms. The van der Waals surface area contributed by atoms with E-state index in [1.807, 2.05) is 12.1 Å². The van der Waals surface area contributed by atoms with Crippen LogP contribution in [0.15, 0.2) is 18.3 Å². The first-order valence-electron chi connectivity index (χ1n) is 8.39. The van der Waals surface area contributed by atoms with E-state index in [0.717, 1.165) is 18.4 Å². The second-order valence-electron chi connectivity index (χ2n) is 6.26. The van der Waals surface area contributed by atoms with Crippen LogP contribution in [0.5, 0.6) is 5.88 Å². The van der Waals surface area contributed by atoms with Gasteiger partial charge in [-0.1, -0.05) is 6.42 Å². The molecule has 0 unspecified atom stereocenters. The third-order valence-electron chi connectivity index (χ3n) is 4.42. The van der Waals surface area contributed by atoms with Crippen molar-refractivity contribution in [3.8, 4) is 5.88 Å². The zero-order valence-corrected chi connectivity index (χ0v) is 13.2. The molecule has 6 heteroatoms. The molecule has 1 aromatic heterocycles. The smallest absolute Gasteiger partial charge is 0.242 e. The summed E-state index contributed by atoms with van der Waals surface area (Å²) in [5.41, 5.74) is 0.948. The molecule has 0 aromatic carbocycles. The van der Waals surface area contributed by atoms with Gasteiger partial charge in [0.25, 0.3) is 0 Å². The summed E-state index contributed by atoms with van der Waals surface area (Å²) in [6.45, 7) is 0.411. The quantitative estimate of drug-likeness (QED) is 0.866. The largest absolute Gasteiger partial charge is 0.474 e. The highest BCUT2D eigenvalue weighted by Crippen LogP contribution is 2.22. The van der Waals surface area contributed by atoms with Crippen LogP contribution in [0.4, 0.5) is 0 Å². The van der Waals surface area contributed by atoms with E-state index in [-0.39, 0.29) is 17.9 Å². The third-order valence-corrected chi connectivity index (χ3v) is 4.42. The predicted octanol–water partition coefficient (Wildman–Crippen LogP) is 1.69. The summed E-state index contributed by atoms with van der Waals surface area (Å²) in [6.07, 6.45) is 8.85. The van der Waals surface area contributed by atoms with Crippen LogP contribution in [0.25, 0.3) is 0 Å². The molecule has 2 N–H and O–H groups in total. The number of hydrogen-bond acceptors (Lipinski definition) is 4. The molecule has 1 aliphatic carbocycles. The molecular formula is C17H23N3O3. The van der Waals surface area contributed by atoms with Crippen molar-refractivity contribution in [2.24, 2.45) is 0 Å². The number of ether oxygens (including phenoxy) is 1. The van der Waals surface area contributed by atoms with Crippen LogP contribution in [0.2, 0.25) is 0 Å². The van der Waals surface area contributed by atoms with E-state index < -0.39 is 6.04 Å². The van der Waals surface area contributed by atoms with Crippen LogP contribution >= 0.6 is 0 Å². The average molecular weight is 317 g/mol. The molecule has 1 saturated carbocycles. The summed E-state index contributed by atoms with van der Waals surface area (Å²) in [7, 11) is 0. The molecule has 124 valence electrons. The first-order valence-corrected chi connectivity index (χ1v) is 8.39. The summed E-state index contributed by atoms with van der Waals surface area (Å²) in [5, 5.41) is 5.52. The molecule has 1 atom stereocenters.